The van der Waals surface area contributed by atoms with Gasteiger partial charge >= 0.3 is 0 Å². The van der Waals surface area contributed by atoms with Crippen LogP contribution in [-0.2, 0) is 0 Å². The largest absolute Gasteiger partial charge is 0.491 e. The zero-order valence-corrected chi connectivity index (χ0v) is 14.5. The minimum atomic E-state index is 0.568. The molecule has 4 nitrogen and oxygen atoms in total. The highest BCUT2D eigenvalue weighted by atomic mass is 32.2. The number of nitrogens with one attached hydrogen (secondary N) is 1. The first kappa shape index (κ1) is 17.7. The number of aliphatic imine (C=N–C) groups is 1. The summed E-state index contributed by atoms with van der Waals surface area (Å²) in [5.41, 5.74) is 1.16. The van der Waals surface area contributed by atoms with Crippen molar-refractivity contribution in [2.24, 2.45) is 4.99 Å². The lowest BCUT2D eigenvalue weighted by Crippen LogP contribution is -2.42. The van der Waals surface area contributed by atoms with Gasteiger partial charge in [0.05, 0.1) is 6.54 Å². The van der Waals surface area contributed by atoms with E-state index in [0.29, 0.717) is 11.9 Å². The molecular weight excluding hydrogens is 282 g/mol. The van der Waals surface area contributed by atoms with Crippen molar-refractivity contribution < 1.29 is 4.74 Å². The van der Waals surface area contributed by atoms with Crippen LogP contribution in [0.4, 0.5) is 0 Å². The Hall–Kier alpha value is -1.36. The lowest BCUT2D eigenvalue weighted by atomic mass is 10.2. The van der Waals surface area contributed by atoms with Gasteiger partial charge in [-0.25, -0.2) is 0 Å². The quantitative estimate of drug-likeness (QED) is 0.620. The number of ether oxygens (including phenoxy) is 1. The maximum Gasteiger partial charge on any atom is 0.193 e. The molecule has 118 valence electrons. The van der Waals surface area contributed by atoms with Gasteiger partial charge in [0.1, 0.15) is 12.4 Å². The van der Waals surface area contributed by atoms with E-state index in [4.69, 9.17) is 4.74 Å². The first-order valence-corrected chi connectivity index (χ1v) is 8.50. The predicted octanol–water partition coefficient (Wildman–Crippen LogP) is 2.63. The fourth-order valence-corrected chi connectivity index (χ4v) is 2.07. The third kappa shape index (κ3) is 6.29. The van der Waals surface area contributed by atoms with Gasteiger partial charge in [-0.2, -0.15) is 11.8 Å². The highest BCUT2D eigenvalue weighted by molar-refractivity contribution is 7.99. The van der Waals surface area contributed by atoms with Gasteiger partial charge in [-0.15, -0.1) is 0 Å². The van der Waals surface area contributed by atoms with Gasteiger partial charge in [0.25, 0.3) is 0 Å². The fourth-order valence-electron chi connectivity index (χ4n) is 1.82. The second-order valence-corrected chi connectivity index (χ2v) is 6.29. The van der Waals surface area contributed by atoms with E-state index in [0.717, 1.165) is 30.4 Å². The molecule has 0 heterocycles. The number of hydrogen-bond donors (Lipinski definition) is 1. The standard InChI is InChI=1S/C16H27N3OS/c1-13-8-6-7-9-15(13)20-11-10-19(4)16(17-3)18-12-14(2)21-5/h6-9,14H,10-12H2,1-5H3,(H,17,18). The van der Waals surface area contributed by atoms with E-state index >= 15 is 0 Å². The summed E-state index contributed by atoms with van der Waals surface area (Å²) in [7, 11) is 3.84. The van der Waals surface area contributed by atoms with Gasteiger partial charge in [-0.05, 0) is 24.8 Å². The summed E-state index contributed by atoms with van der Waals surface area (Å²) < 4.78 is 5.82. The third-order valence-corrected chi connectivity index (χ3v) is 4.27. The summed E-state index contributed by atoms with van der Waals surface area (Å²) in [6.07, 6.45) is 2.12. The number of guanidine groups is 1. The highest BCUT2D eigenvalue weighted by Crippen LogP contribution is 2.15. The van der Waals surface area contributed by atoms with Crippen molar-refractivity contribution in [2.45, 2.75) is 19.1 Å². The van der Waals surface area contributed by atoms with E-state index in [1.165, 1.54) is 0 Å². The molecule has 1 aromatic rings. The van der Waals surface area contributed by atoms with Gasteiger partial charge in [-0.1, -0.05) is 25.1 Å². The fraction of sp³-hybridized carbons (Fsp3) is 0.562. The van der Waals surface area contributed by atoms with Crippen molar-refractivity contribution in [3.05, 3.63) is 29.8 Å². The van der Waals surface area contributed by atoms with Crippen LogP contribution < -0.4 is 10.1 Å². The Labute approximate surface area is 133 Å². The number of rotatable bonds is 7. The Morgan fingerprint density at radius 1 is 1.43 bits per heavy atom. The topological polar surface area (TPSA) is 36.9 Å². The van der Waals surface area contributed by atoms with Gasteiger partial charge in [0, 0.05) is 25.9 Å². The average molecular weight is 309 g/mol. The van der Waals surface area contributed by atoms with Crippen LogP contribution in [0.15, 0.2) is 29.3 Å². The van der Waals surface area contributed by atoms with Crippen molar-refractivity contribution >= 4 is 17.7 Å². The SMILES string of the molecule is CN=C(NCC(C)SC)N(C)CCOc1ccccc1C. The van der Waals surface area contributed by atoms with Crippen LogP contribution in [-0.4, -0.2) is 56.2 Å². The van der Waals surface area contributed by atoms with Crippen LogP contribution in [0, 0.1) is 6.92 Å². The van der Waals surface area contributed by atoms with Crippen LogP contribution in [0.25, 0.3) is 0 Å². The predicted molar refractivity (Wildman–Crippen MR) is 93.6 cm³/mol. The molecule has 1 aromatic carbocycles. The van der Waals surface area contributed by atoms with Gasteiger partial charge < -0.3 is 15.0 Å². The molecule has 21 heavy (non-hydrogen) atoms. The summed E-state index contributed by atoms with van der Waals surface area (Å²) in [6, 6.07) is 8.08. The molecule has 0 saturated carbocycles. The maximum absolute atomic E-state index is 5.82. The molecular formula is C16H27N3OS. The maximum atomic E-state index is 5.82. The highest BCUT2D eigenvalue weighted by Gasteiger charge is 2.07. The number of aryl methyl sites for hydroxylation is 1. The van der Waals surface area contributed by atoms with E-state index in [2.05, 4.69) is 41.4 Å². The summed E-state index contributed by atoms with van der Waals surface area (Å²) >= 11 is 1.84. The number of para-hydroxylation sites is 1. The van der Waals surface area contributed by atoms with Crippen LogP contribution in [0.5, 0.6) is 5.75 Å². The second kappa shape index (κ2) is 9.55. The molecule has 0 saturated heterocycles. The molecule has 0 aliphatic carbocycles. The van der Waals surface area contributed by atoms with Gasteiger partial charge in [-0.3, -0.25) is 4.99 Å². The van der Waals surface area contributed by atoms with E-state index in [1.54, 1.807) is 0 Å². The smallest absolute Gasteiger partial charge is 0.193 e. The number of thioether (sulfide) groups is 1. The number of nitrogens with zero attached hydrogens (tertiary/aromatic N) is 2. The van der Waals surface area contributed by atoms with Crippen molar-refractivity contribution in [3.63, 3.8) is 0 Å². The van der Waals surface area contributed by atoms with Crippen LogP contribution in [0.1, 0.15) is 12.5 Å². The Bertz CT molecular complexity index is 451. The van der Waals surface area contributed by atoms with Gasteiger partial charge in [0.15, 0.2) is 5.96 Å². The zero-order valence-electron chi connectivity index (χ0n) is 13.7. The van der Waals surface area contributed by atoms with Gasteiger partial charge in [0.2, 0.25) is 0 Å². The molecule has 0 aliphatic heterocycles. The van der Waals surface area contributed by atoms with Crippen molar-refractivity contribution in [2.75, 3.05) is 40.0 Å². The molecule has 0 bridgehead atoms. The van der Waals surface area contributed by atoms with E-state index in [1.807, 2.05) is 44.1 Å². The van der Waals surface area contributed by atoms with E-state index < -0.39 is 0 Å². The lowest BCUT2D eigenvalue weighted by Gasteiger charge is -2.23. The molecule has 1 N–H and O–H groups in total. The molecule has 0 fully saturated rings. The molecule has 0 spiro atoms. The monoisotopic (exact) mass is 309 g/mol. The lowest BCUT2D eigenvalue weighted by molar-refractivity contribution is 0.280. The summed E-state index contributed by atoms with van der Waals surface area (Å²) in [4.78, 5) is 6.39. The van der Waals surface area contributed by atoms with E-state index in [-0.39, 0.29) is 0 Å². The molecule has 0 amide bonds. The summed E-state index contributed by atoms with van der Waals surface area (Å²) in [5, 5.41) is 3.95. The van der Waals surface area contributed by atoms with Crippen molar-refractivity contribution in [1.29, 1.82) is 0 Å². The first-order valence-electron chi connectivity index (χ1n) is 7.21. The molecule has 5 heteroatoms. The third-order valence-electron chi connectivity index (χ3n) is 3.30. The molecule has 1 unspecified atom stereocenters. The van der Waals surface area contributed by atoms with Crippen LogP contribution >= 0.6 is 11.8 Å². The Morgan fingerprint density at radius 3 is 2.76 bits per heavy atom. The molecule has 0 aliphatic rings. The molecule has 0 aromatic heterocycles. The van der Waals surface area contributed by atoms with E-state index in [9.17, 15) is 0 Å². The van der Waals surface area contributed by atoms with Crippen LogP contribution in [0.3, 0.4) is 0 Å². The summed E-state index contributed by atoms with van der Waals surface area (Å²) in [6.45, 7) is 6.61. The zero-order chi connectivity index (χ0) is 15.7. The molecule has 1 atom stereocenters. The Morgan fingerprint density at radius 2 is 2.14 bits per heavy atom. The molecule has 1 rings (SSSR count). The number of hydrogen-bond acceptors (Lipinski definition) is 3. The normalized spacial score (nSPS) is 12.9. The minimum Gasteiger partial charge on any atom is -0.491 e. The first-order chi connectivity index (χ1) is 10.1. The second-order valence-electron chi connectivity index (χ2n) is 5.01. The minimum absolute atomic E-state index is 0.568. The Balaban J connectivity index is 2.38. The summed E-state index contributed by atoms with van der Waals surface area (Å²) in [5.74, 6) is 1.86. The number of benzene rings is 1. The van der Waals surface area contributed by atoms with Crippen LogP contribution in [0.2, 0.25) is 0 Å². The van der Waals surface area contributed by atoms with Crippen molar-refractivity contribution in [1.82, 2.24) is 10.2 Å². The van der Waals surface area contributed by atoms with Crippen molar-refractivity contribution in [3.8, 4) is 5.75 Å². The average Bonchev–Trinajstić information content (AvgIpc) is 2.49. The number of likely N-dealkylation sites (N-methyl/N-ethyl adjacent to an activating group) is 1. The molecule has 0 radical (unpaired) electrons. The Kier molecular flexibility index (Phi) is 8.05.